The molecule has 0 aliphatic rings. The maximum absolute atomic E-state index is 9.96. The first-order valence-corrected chi connectivity index (χ1v) is 2.56. The molecule has 0 aromatic carbocycles. The van der Waals surface area contributed by atoms with Gasteiger partial charge in [-0.15, -0.1) is 0 Å². The number of aliphatic imine (C=N–C) groups is 1. The lowest BCUT2D eigenvalue weighted by atomic mass is 10.4. The fourth-order valence-corrected chi connectivity index (χ4v) is 0.264. The summed E-state index contributed by atoms with van der Waals surface area (Å²) in [7, 11) is 0. The molecule has 0 unspecified atom stereocenters. The van der Waals surface area contributed by atoms with Gasteiger partial charge in [0.25, 0.3) is 0 Å². The van der Waals surface area contributed by atoms with Gasteiger partial charge in [-0.2, -0.15) is 5.23 Å². The molecule has 0 rings (SSSR count). The minimum absolute atomic E-state index is 0.363. The number of nitrogens with zero attached hydrogens (tertiary/aromatic N) is 1. The topological polar surface area (TPSA) is 35.4 Å². The lowest BCUT2D eigenvalue weighted by Crippen LogP contribution is -2.13. The summed E-state index contributed by atoms with van der Waals surface area (Å²) >= 11 is 4.15. The third kappa shape index (κ3) is 5.43. The van der Waals surface area contributed by atoms with E-state index < -0.39 is 5.23 Å². The number of rotatable bonds is 2. The van der Waals surface area contributed by atoms with Crippen molar-refractivity contribution in [1.82, 2.24) is 0 Å². The van der Waals surface area contributed by atoms with Gasteiger partial charge in [-0.05, 0) is 6.92 Å². The minimum atomic E-state index is -0.548. The van der Waals surface area contributed by atoms with Gasteiger partial charge in [-0.25, -0.2) is 0 Å². The summed E-state index contributed by atoms with van der Waals surface area (Å²) in [6, 6.07) is 0. The van der Waals surface area contributed by atoms with Crippen molar-refractivity contribution >= 4 is 17.9 Å². The molecule has 0 saturated heterocycles. The highest BCUT2D eigenvalue weighted by molar-refractivity contribution is 7.76. The molecule has 0 fully saturated rings. The van der Waals surface area contributed by atoms with Crippen LogP contribution in [-0.2, 0) is 12.6 Å². The average molecular weight is 129 g/mol. The molecule has 0 atom stereocenters. The molecule has 2 nitrogen and oxygen atoms in total. The van der Waals surface area contributed by atoms with Crippen LogP contribution >= 0.6 is 0 Å². The zero-order valence-corrected chi connectivity index (χ0v) is 5.49. The van der Waals surface area contributed by atoms with Crippen molar-refractivity contribution in [3.63, 3.8) is 0 Å². The van der Waals surface area contributed by atoms with Gasteiger partial charge in [-0.1, -0.05) is 12.2 Å². The van der Waals surface area contributed by atoms with Crippen LogP contribution in [0.25, 0.3) is 0 Å². The van der Waals surface area contributed by atoms with E-state index in [9.17, 15) is 5.11 Å². The molecule has 8 heavy (non-hydrogen) atoms. The van der Waals surface area contributed by atoms with Crippen LogP contribution in [0.4, 0.5) is 0 Å². The molecule has 46 valence electrons. The van der Waals surface area contributed by atoms with Gasteiger partial charge in [0.05, 0.1) is 6.54 Å². The van der Waals surface area contributed by atoms with E-state index in [2.05, 4.69) is 24.2 Å². The summed E-state index contributed by atoms with van der Waals surface area (Å²) in [5, 5.41) is 9.41. The van der Waals surface area contributed by atoms with E-state index in [1.807, 2.05) is 0 Å². The molecule has 0 aliphatic carbocycles. The van der Waals surface area contributed by atoms with Crippen LogP contribution in [0.15, 0.2) is 17.1 Å². The molecule has 0 heterocycles. The van der Waals surface area contributed by atoms with E-state index in [1.54, 1.807) is 6.92 Å². The minimum Gasteiger partial charge on any atom is -0.879 e. The highest BCUT2D eigenvalue weighted by atomic mass is 32.1. The van der Waals surface area contributed by atoms with Crippen LogP contribution in [0.5, 0.6) is 0 Å². The Balaban J connectivity index is 3.45. The molecule has 0 amide bonds. The molecule has 0 saturated carbocycles. The molecule has 0 aliphatic heterocycles. The van der Waals surface area contributed by atoms with Crippen LogP contribution in [0.3, 0.4) is 0 Å². The van der Waals surface area contributed by atoms with Crippen molar-refractivity contribution in [2.75, 3.05) is 6.54 Å². The molecule has 0 bridgehead atoms. The highest BCUT2D eigenvalue weighted by Gasteiger charge is 1.73. The molecule has 0 radical (unpaired) electrons. The van der Waals surface area contributed by atoms with Gasteiger partial charge in [0, 0.05) is 0 Å². The normalized spacial score (nSPS) is 11.4. The molecule has 3 heteroatoms. The summed E-state index contributed by atoms with van der Waals surface area (Å²) < 4.78 is 0. The molecular formula is C5H7NOS-2. The lowest BCUT2D eigenvalue weighted by Gasteiger charge is -2.14. The molecule has 0 spiro atoms. The largest absolute Gasteiger partial charge is 0.879 e. The second-order valence-electron chi connectivity index (χ2n) is 1.54. The Labute approximate surface area is 54.4 Å². The van der Waals surface area contributed by atoms with Crippen LogP contribution in [0.1, 0.15) is 6.92 Å². The standard InChI is InChI=1S/C5H9NOS/c1-4(2)3-6-5(7)8/h1,3H2,2H3,(H2,6,7,8)/p-2. The van der Waals surface area contributed by atoms with E-state index in [0.29, 0.717) is 6.54 Å². The molecule has 0 aromatic rings. The molecule has 0 aromatic heterocycles. The van der Waals surface area contributed by atoms with Gasteiger partial charge >= 0.3 is 0 Å². The maximum Gasteiger partial charge on any atom is 0.0562 e. The zero-order valence-electron chi connectivity index (χ0n) is 4.68. The van der Waals surface area contributed by atoms with Gasteiger partial charge in [0.15, 0.2) is 0 Å². The van der Waals surface area contributed by atoms with E-state index >= 15 is 0 Å². The Hall–Kier alpha value is -0.570. The Morgan fingerprint density at radius 1 is 1.88 bits per heavy atom. The summed E-state index contributed by atoms with van der Waals surface area (Å²) in [5.41, 5.74) is 0.850. The Kier molecular flexibility index (Phi) is 3.19. The van der Waals surface area contributed by atoms with Crippen molar-refractivity contribution in [2.45, 2.75) is 6.92 Å². The van der Waals surface area contributed by atoms with Crippen LogP contribution in [0.2, 0.25) is 0 Å². The van der Waals surface area contributed by atoms with Crippen LogP contribution in [0, 0.1) is 0 Å². The Morgan fingerprint density at radius 2 is 2.38 bits per heavy atom. The predicted molar refractivity (Wildman–Crippen MR) is 34.5 cm³/mol. The first-order chi connectivity index (χ1) is 3.63. The Bertz CT molecular complexity index is 116. The van der Waals surface area contributed by atoms with E-state index in [1.165, 1.54) is 0 Å². The van der Waals surface area contributed by atoms with Crippen LogP contribution in [-0.4, -0.2) is 11.8 Å². The third-order valence-corrected chi connectivity index (χ3v) is 0.607. The van der Waals surface area contributed by atoms with Crippen molar-refractivity contribution in [3.05, 3.63) is 12.2 Å². The van der Waals surface area contributed by atoms with E-state index in [4.69, 9.17) is 0 Å². The second-order valence-corrected chi connectivity index (χ2v) is 1.89. The van der Waals surface area contributed by atoms with Crippen molar-refractivity contribution in [1.29, 1.82) is 0 Å². The lowest BCUT2D eigenvalue weighted by molar-refractivity contribution is -0.206. The van der Waals surface area contributed by atoms with Gasteiger partial charge in [0.2, 0.25) is 0 Å². The van der Waals surface area contributed by atoms with Gasteiger partial charge < -0.3 is 22.7 Å². The number of hydrogen-bond acceptors (Lipinski definition) is 3. The number of hydrogen-bond donors (Lipinski definition) is 0. The predicted octanol–water partition coefficient (Wildman–Crippen LogP) is -0.174. The van der Waals surface area contributed by atoms with Gasteiger partial charge in [0.1, 0.15) is 0 Å². The smallest absolute Gasteiger partial charge is 0.0562 e. The maximum atomic E-state index is 9.96. The molecular weight excluding hydrogens is 122 g/mol. The summed E-state index contributed by atoms with van der Waals surface area (Å²) in [6.07, 6.45) is 0. The monoisotopic (exact) mass is 129 g/mol. The zero-order chi connectivity index (χ0) is 6.57. The first kappa shape index (κ1) is 7.43. The highest BCUT2D eigenvalue weighted by Crippen LogP contribution is 1.84. The van der Waals surface area contributed by atoms with Crippen LogP contribution < -0.4 is 5.11 Å². The van der Waals surface area contributed by atoms with Gasteiger partial charge in [-0.3, -0.25) is 0 Å². The third-order valence-electron chi connectivity index (χ3n) is 0.478. The summed E-state index contributed by atoms with van der Waals surface area (Å²) in [4.78, 5) is 3.40. The Morgan fingerprint density at radius 3 is 2.50 bits per heavy atom. The summed E-state index contributed by atoms with van der Waals surface area (Å²) in [5.74, 6) is 0. The SMILES string of the molecule is C=C(C)CN=C([O-])[S-]. The van der Waals surface area contributed by atoms with Crippen molar-refractivity contribution in [2.24, 2.45) is 4.99 Å². The summed E-state index contributed by atoms with van der Waals surface area (Å²) in [6.45, 7) is 5.69. The fraction of sp³-hybridized carbons (Fsp3) is 0.400. The van der Waals surface area contributed by atoms with E-state index in [0.717, 1.165) is 5.57 Å². The first-order valence-electron chi connectivity index (χ1n) is 2.16. The van der Waals surface area contributed by atoms with E-state index in [-0.39, 0.29) is 0 Å². The molecule has 0 N–H and O–H groups in total. The van der Waals surface area contributed by atoms with Crippen molar-refractivity contribution in [3.8, 4) is 0 Å². The average Bonchev–Trinajstić information content (AvgIpc) is 1.61. The quantitative estimate of drug-likeness (QED) is 0.224. The second kappa shape index (κ2) is 3.43. The van der Waals surface area contributed by atoms with Crippen molar-refractivity contribution < 1.29 is 5.11 Å². The fourth-order valence-electron chi connectivity index (χ4n) is 0.200.